The Kier molecular flexibility index (Phi) is 15.1. The summed E-state index contributed by atoms with van der Waals surface area (Å²) in [7, 11) is 0. The van der Waals surface area contributed by atoms with Crippen LogP contribution in [0.4, 0.5) is 4.79 Å². The summed E-state index contributed by atoms with van der Waals surface area (Å²) in [5.41, 5.74) is 0.629. The van der Waals surface area contributed by atoms with Gasteiger partial charge in [-0.15, -0.1) is 0 Å². The van der Waals surface area contributed by atoms with Gasteiger partial charge in [0.2, 0.25) is 11.8 Å². The molecule has 0 aliphatic heterocycles. The first-order valence-corrected chi connectivity index (χ1v) is 15.9. The molecule has 0 fully saturated rings. The summed E-state index contributed by atoms with van der Waals surface area (Å²) in [6.45, 7) is 11.8. The Morgan fingerprint density at radius 3 is 2.19 bits per heavy atom. The minimum atomic E-state index is -0.992. The van der Waals surface area contributed by atoms with Crippen molar-refractivity contribution in [1.82, 2.24) is 15.5 Å². The predicted octanol–water partition coefficient (Wildman–Crippen LogP) is 7.06. The fourth-order valence-corrected chi connectivity index (χ4v) is 5.12. The van der Waals surface area contributed by atoms with Gasteiger partial charge in [0.05, 0.1) is 0 Å². The first-order chi connectivity index (χ1) is 20.4. The van der Waals surface area contributed by atoms with E-state index in [0.29, 0.717) is 18.5 Å². The number of rotatable bonds is 17. The number of aromatic hydroxyl groups is 1. The Morgan fingerprint density at radius 2 is 1.56 bits per heavy atom. The standard InChI is InChI=1S/C35H53N3O5/c1-7-9-10-11-12-16-23-38(31(28-21-17-22-29(39)25-28)32(40)36-26(3)18-8-2)33(41)30(24-27-19-14-13-15-20-27)37-34(42)43-35(4,5)6/h13-15,17,19-22,25-26,30-31,39H,7-12,16,18,23-24H2,1-6H3,(H,36,40)(H,37,42). The molecule has 8 heteroatoms. The van der Waals surface area contributed by atoms with Gasteiger partial charge >= 0.3 is 6.09 Å². The number of alkyl carbamates (subject to hydrolysis) is 1. The van der Waals surface area contributed by atoms with Crippen LogP contribution in [-0.2, 0) is 20.7 Å². The van der Waals surface area contributed by atoms with Crippen LogP contribution < -0.4 is 10.6 Å². The van der Waals surface area contributed by atoms with Gasteiger partial charge < -0.3 is 25.4 Å². The van der Waals surface area contributed by atoms with E-state index in [1.54, 1.807) is 43.9 Å². The highest BCUT2D eigenvalue weighted by atomic mass is 16.6. The third-order valence-corrected chi connectivity index (χ3v) is 7.16. The van der Waals surface area contributed by atoms with E-state index < -0.39 is 23.8 Å². The number of unbranched alkanes of at least 4 members (excludes halogenated alkanes) is 5. The van der Waals surface area contributed by atoms with Gasteiger partial charge in [0.15, 0.2) is 0 Å². The molecule has 0 saturated heterocycles. The van der Waals surface area contributed by atoms with Crippen molar-refractivity contribution in [3.63, 3.8) is 0 Å². The van der Waals surface area contributed by atoms with Crippen LogP contribution in [0.5, 0.6) is 5.75 Å². The number of amides is 3. The predicted molar refractivity (Wildman–Crippen MR) is 172 cm³/mol. The van der Waals surface area contributed by atoms with Crippen molar-refractivity contribution in [3.05, 3.63) is 65.7 Å². The van der Waals surface area contributed by atoms with Gasteiger partial charge in [-0.05, 0) is 63.8 Å². The molecule has 0 heterocycles. The van der Waals surface area contributed by atoms with E-state index in [9.17, 15) is 19.5 Å². The van der Waals surface area contributed by atoms with Crippen LogP contribution in [0.3, 0.4) is 0 Å². The Labute approximate surface area is 258 Å². The number of benzene rings is 2. The second kappa shape index (κ2) is 18.2. The molecule has 0 saturated carbocycles. The Bertz CT molecular complexity index is 1130. The van der Waals surface area contributed by atoms with Crippen LogP contribution in [0, 0.1) is 0 Å². The summed E-state index contributed by atoms with van der Waals surface area (Å²) in [6, 6.07) is 13.9. The van der Waals surface area contributed by atoms with Crippen molar-refractivity contribution in [2.45, 2.75) is 123 Å². The lowest BCUT2D eigenvalue weighted by atomic mass is 9.99. The molecule has 43 heavy (non-hydrogen) atoms. The van der Waals surface area contributed by atoms with Gasteiger partial charge in [-0.25, -0.2) is 4.79 Å². The molecule has 3 atom stereocenters. The van der Waals surface area contributed by atoms with Crippen LogP contribution in [0.15, 0.2) is 54.6 Å². The zero-order valence-electron chi connectivity index (χ0n) is 27.0. The zero-order valence-corrected chi connectivity index (χ0v) is 27.0. The molecule has 2 rings (SSSR count). The molecule has 8 nitrogen and oxygen atoms in total. The minimum absolute atomic E-state index is 0.0107. The highest BCUT2D eigenvalue weighted by Gasteiger charge is 2.36. The van der Waals surface area contributed by atoms with Crippen molar-refractivity contribution in [3.8, 4) is 5.75 Å². The van der Waals surface area contributed by atoms with Gasteiger partial charge in [0, 0.05) is 19.0 Å². The molecule has 0 aliphatic carbocycles. The minimum Gasteiger partial charge on any atom is -0.508 e. The number of nitrogens with one attached hydrogen (secondary N) is 2. The highest BCUT2D eigenvalue weighted by molar-refractivity contribution is 5.92. The second-order valence-corrected chi connectivity index (χ2v) is 12.4. The molecule has 0 bridgehead atoms. The summed E-state index contributed by atoms with van der Waals surface area (Å²) < 4.78 is 5.53. The molecule has 3 amide bonds. The van der Waals surface area contributed by atoms with E-state index in [1.807, 2.05) is 37.3 Å². The van der Waals surface area contributed by atoms with Gasteiger partial charge in [0.1, 0.15) is 23.4 Å². The number of carbonyl (C=O) groups excluding carboxylic acids is 3. The number of ether oxygens (including phenoxy) is 1. The number of hydrogen-bond donors (Lipinski definition) is 3. The van der Waals surface area contributed by atoms with Gasteiger partial charge in [-0.3, -0.25) is 9.59 Å². The second-order valence-electron chi connectivity index (χ2n) is 12.4. The van der Waals surface area contributed by atoms with Gasteiger partial charge in [-0.2, -0.15) is 0 Å². The molecule has 2 aromatic carbocycles. The van der Waals surface area contributed by atoms with Gasteiger partial charge in [0.25, 0.3) is 0 Å². The average molecular weight is 596 g/mol. The lowest BCUT2D eigenvalue weighted by Gasteiger charge is -2.35. The summed E-state index contributed by atoms with van der Waals surface area (Å²) in [6.07, 6.45) is 7.28. The lowest BCUT2D eigenvalue weighted by molar-refractivity contribution is -0.142. The molecule has 0 spiro atoms. The van der Waals surface area contributed by atoms with E-state index in [2.05, 4.69) is 24.5 Å². The maximum atomic E-state index is 14.5. The van der Waals surface area contributed by atoms with Crippen LogP contribution in [0.2, 0.25) is 0 Å². The number of phenols is 1. The fraction of sp³-hybridized carbons (Fsp3) is 0.571. The Morgan fingerprint density at radius 1 is 0.884 bits per heavy atom. The normalized spacial score (nSPS) is 13.4. The Balaban J connectivity index is 2.52. The number of hydrogen-bond acceptors (Lipinski definition) is 5. The van der Waals surface area contributed by atoms with E-state index in [-0.39, 0.29) is 30.0 Å². The average Bonchev–Trinajstić information content (AvgIpc) is 2.93. The third-order valence-electron chi connectivity index (χ3n) is 7.16. The van der Waals surface area contributed by atoms with Crippen LogP contribution in [-0.4, -0.2) is 52.1 Å². The van der Waals surface area contributed by atoms with Crippen molar-refractivity contribution in [2.24, 2.45) is 0 Å². The molecule has 3 unspecified atom stereocenters. The molecule has 0 aromatic heterocycles. The third kappa shape index (κ3) is 13.1. The van der Waals surface area contributed by atoms with Crippen molar-refractivity contribution in [2.75, 3.05) is 6.54 Å². The maximum Gasteiger partial charge on any atom is 0.408 e. The van der Waals surface area contributed by atoms with Gasteiger partial charge in [-0.1, -0.05) is 94.8 Å². The molecular weight excluding hydrogens is 542 g/mol. The summed E-state index contributed by atoms with van der Waals surface area (Å²) >= 11 is 0. The number of carbonyl (C=O) groups is 3. The summed E-state index contributed by atoms with van der Waals surface area (Å²) in [4.78, 5) is 43.0. The smallest absolute Gasteiger partial charge is 0.408 e. The SMILES string of the molecule is CCCCCCCCN(C(=O)C(Cc1ccccc1)NC(=O)OC(C)(C)C)C(C(=O)NC(C)CCC)c1cccc(O)c1. The summed E-state index contributed by atoms with van der Waals surface area (Å²) in [5, 5.41) is 16.2. The van der Waals surface area contributed by atoms with Crippen LogP contribution >= 0.6 is 0 Å². The molecular formula is C35H53N3O5. The van der Waals surface area contributed by atoms with E-state index >= 15 is 0 Å². The van der Waals surface area contributed by atoms with Crippen molar-refractivity contribution >= 4 is 17.9 Å². The topological polar surface area (TPSA) is 108 Å². The van der Waals surface area contributed by atoms with Crippen LogP contribution in [0.1, 0.15) is 110 Å². The largest absolute Gasteiger partial charge is 0.508 e. The van der Waals surface area contributed by atoms with Crippen molar-refractivity contribution in [1.29, 1.82) is 0 Å². The molecule has 2 aromatic rings. The van der Waals surface area contributed by atoms with Crippen molar-refractivity contribution < 1.29 is 24.2 Å². The lowest BCUT2D eigenvalue weighted by Crippen LogP contribution is -2.54. The molecule has 3 N–H and O–H groups in total. The fourth-order valence-electron chi connectivity index (χ4n) is 5.12. The van der Waals surface area contributed by atoms with Crippen LogP contribution in [0.25, 0.3) is 0 Å². The number of phenolic OH excluding ortho intramolecular Hbond substituents is 1. The molecule has 238 valence electrons. The van der Waals surface area contributed by atoms with E-state index in [0.717, 1.165) is 50.5 Å². The monoisotopic (exact) mass is 595 g/mol. The quantitative estimate of drug-likeness (QED) is 0.170. The maximum absolute atomic E-state index is 14.5. The first kappa shape index (κ1) is 35.6. The first-order valence-electron chi connectivity index (χ1n) is 15.9. The van der Waals surface area contributed by atoms with E-state index in [1.165, 1.54) is 6.07 Å². The Hall–Kier alpha value is -3.55. The van der Waals surface area contributed by atoms with E-state index in [4.69, 9.17) is 4.74 Å². The number of nitrogens with zero attached hydrogens (tertiary/aromatic N) is 1. The zero-order chi connectivity index (χ0) is 31.8. The molecule has 0 radical (unpaired) electrons. The molecule has 0 aliphatic rings. The highest BCUT2D eigenvalue weighted by Crippen LogP contribution is 2.27. The summed E-state index contributed by atoms with van der Waals surface area (Å²) in [5.74, 6) is -0.687.